The van der Waals surface area contributed by atoms with Gasteiger partial charge in [0.1, 0.15) is 15.7 Å². The molecule has 0 fully saturated rings. The second-order valence-corrected chi connectivity index (χ2v) is 8.66. The number of benzene rings is 1. The summed E-state index contributed by atoms with van der Waals surface area (Å²) in [5.74, 6) is -1.65. The van der Waals surface area contributed by atoms with Crippen LogP contribution in [0.25, 0.3) is 10.8 Å². The van der Waals surface area contributed by atoms with Crippen LogP contribution >= 0.6 is 22.9 Å². The number of rotatable bonds is 6. The first-order valence-corrected chi connectivity index (χ1v) is 10.2. The minimum Gasteiger partial charge on any atom is -0.414 e. The van der Waals surface area contributed by atoms with Crippen molar-refractivity contribution in [2.24, 2.45) is 0 Å². The lowest BCUT2D eigenvalue weighted by molar-refractivity contribution is 0.116. The van der Waals surface area contributed by atoms with Crippen molar-refractivity contribution in [3.8, 4) is 10.8 Å². The van der Waals surface area contributed by atoms with Gasteiger partial charge in [-0.15, -0.1) is 21.5 Å². The van der Waals surface area contributed by atoms with Crippen molar-refractivity contribution in [1.82, 2.24) is 15.2 Å². The van der Waals surface area contributed by atoms with E-state index in [1.807, 2.05) is 0 Å². The molecule has 3 aromatic rings. The Morgan fingerprint density at radius 1 is 1.33 bits per heavy atom. The molecule has 2 aromatic heterocycles. The van der Waals surface area contributed by atoms with Crippen molar-refractivity contribution >= 4 is 38.6 Å². The summed E-state index contributed by atoms with van der Waals surface area (Å²) in [5, 5.41) is 6.83. The molecule has 0 saturated carbocycles. The van der Waals surface area contributed by atoms with Crippen molar-refractivity contribution in [3.63, 3.8) is 0 Å². The fraction of sp³-hybridized carbons (Fsp3) is 0.214. The lowest BCUT2D eigenvalue weighted by Crippen LogP contribution is -2.29. The third-order valence-electron chi connectivity index (χ3n) is 3.26. The molecule has 27 heavy (non-hydrogen) atoms. The Labute approximate surface area is 160 Å². The maximum atomic E-state index is 13.3. The van der Waals surface area contributed by atoms with Crippen LogP contribution in [0.4, 0.5) is 18.9 Å². The van der Waals surface area contributed by atoms with Crippen molar-refractivity contribution in [2.45, 2.75) is 13.0 Å². The second kappa shape index (κ2) is 7.44. The van der Waals surface area contributed by atoms with Crippen LogP contribution in [0.2, 0.25) is 5.02 Å². The number of halogens is 4. The van der Waals surface area contributed by atoms with Crippen LogP contribution in [-0.4, -0.2) is 29.9 Å². The van der Waals surface area contributed by atoms with Crippen LogP contribution < -0.4 is 4.31 Å². The Morgan fingerprint density at radius 2 is 2.07 bits per heavy atom. The van der Waals surface area contributed by atoms with Gasteiger partial charge in [0.25, 0.3) is 11.8 Å². The van der Waals surface area contributed by atoms with E-state index in [0.29, 0.717) is 9.88 Å². The predicted octanol–water partition coefficient (Wildman–Crippen LogP) is 3.89. The SMILES string of the molecule is CS(=O)(=O)N(Cc1ncc(-c2nnc(C(F)F)o2)s1)c1ccc(F)c(Cl)c1. The number of anilines is 1. The lowest BCUT2D eigenvalue weighted by atomic mass is 10.3. The average molecular weight is 439 g/mol. The van der Waals surface area contributed by atoms with E-state index in [1.54, 1.807) is 0 Å². The van der Waals surface area contributed by atoms with Crippen LogP contribution in [0.3, 0.4) is 0 Å². The molecule has 0 atom stereocenters. The number of alkyl halides is 2. The maximum absolute atomic E-state index is 13.3. The van der Waals surface area contributed by atoms with E-state index in [-0.39, 0.29) is 23.1 Å². The highest BCUT2D eigenvalue weighted by molar-refractivity contribution is 7.92. The molecule has 7 nitrogen and oxygen atoms in total. The highest BCUT2D eigenvalue weighted by Gasteiger charge is 2.22. The van der Waals surface area contributed by atoms with Crippen molar-refractivity contribution in [2.75, 3.05) is 10.6 Å². The number of thiazole rings is 1. The van der Waals surface area contributed by atoms with Gasteiger partial charge in [0.15, 0.2) is 0 Å². The minimum absolute atomic E-state index is 0.148. The molecule has 144 valence electrons. The van der Waals surface area contributed by atoms with Gasteiger partial charge in [-0.05, 0) is 18.2 Å². The number of hydrogen-bond acceptors (Lipinski definition) is 7. The monoisotopic (exact) mass is 438 g/mol. The summed E-state index contributed by atoms with van der Waals surface area (Å²) < 4.78 is 68.5. The molecular weight excluding hydrogens is 429 g/mol. The zero-order valence-corrected chi connectivity index (χ0v) is 15.8. The normalized spacial score (nSPS) is 11.9. The molecule has 13 heteroatoms. The second-order valence-electron chi connectivity index (χ2n) is 5.23. The zero-order chi connectivity index (χ0) is 19.8. The molecule has 0 unspecified atom stereocenters. The highest BCUT2D eigenvalue weighted by Crippen LogP contribution is 2.30. The summed E-state index contributed by atoms with van der Waals surface area (Å²) in [5.41, 5.74) is 0.151. The summed E-state index contributed by atoms with van der Waals surface area (Å²) >= 11 is 6.72. The number of aromatic nitrogens is 3. The lowest BCUT2D eigenvalue weighted by Gasteiger charge is -2.21. The van der Waals surface area contributed by atoms with Crippen molar-refractivity contribution in [1.29, 1.82) is 0 Å². The van der Waals surface area contributed by atoms with Gasteiger partial charge in [-0.25, -0.2) is 17.8 Å². The molecule has 0 amide bonds. The Bertz CT molecular complexity index is 1070. The van der Waals surface area contributed by atoms with E-state index in [2.05, 4.69) is 15.2 Å². The van der Waals surface area contributed by atoms with Gasteiger partial charge in [0.2, 0.25) is 10.0 Å². The third kappa shape index (κ3) is 4.39. The number of nitrogens with zero attached hydrogens (tertiary/aromatic N) is 4. The first-order chi connectivity index (χ1) is 12.6. The van der Waals surface area contributed by atoms with Crippen LogP contribution in [0.15, 0.2) is 28.8 Å². The molecule has 0 aliphatic rings. The molecule has 0 spiro atoms. The first kappa shape index (κ1) is 19.6. The summed E-state index contributed by atoms with van der Waals surface area (Å²) in [6.45, 7) is -0.179. The van der Waals surface area contributed by atoms with E-state index in [4.69, 9.17) is 16.0 Å². The Kier molecular flexibility index (Phi) is 5.40. The summed E-state index contributed by atoms with van der Waals surface area (Å²) in [6, 6.07) is 3.50. The quantitative estimate of drug-likeness (QED) is 0.580. The van der Waals surface area contributed by atoms with Gasteiger partial charge in [0.05, 0.1) is 29.7 Å². The fourth-order valence-electron chi connectivity index (χ4n) is 2.07. The van der Waals surface area contributed by atoms with Crippen LogP contribution in [0.1, 0.15) is 17.3 Å². The van der Waals surface area contributed by atoms with E-state index in [1.165, 1.54) is 18.3 Å². The number of hydrogen-bond donors (Lipinski definition) is 0. The van der Waals surface area contributed by atoms with Gasteiger partial charge >= 0.3 is 6.43 Å². The third-order valence-corrected chi connectivity index (χ3v) is 5.66. The molecule has 0 N–H and O–H groups in total. The van der Waals surface area contributed by atoms with Crippen molar-refractivity contribution < 1.29 is 26.0 Å². The van der Waals surface area contributed by atoms with Gasteiger partial charge in [-0.1, -0.05) is 11.6 Å². The Balaban J connectivity index is 1.89. The first-order valence-electron chi connectivity index (χ1n) is 7.14. The molecule has 0 bridgehead atoms. The minimum atomic E-state index is -3.74. The van der Waals surface area contributed by atoms with Gasteiger partial charge in [-0.2, -0.15) is 8.78 Å². The number of sulfonamides is 1. The van der Waals surface area contributed by atoms with Gasteiger partial charge < -0.3 is 4.42 Å². The van der Waals surface area contributed by atoms with Crippen molar-refractivity contribution in [3.05, 3.63) is 46.1 Å². The molecule has 0 aliphatic heterocycles. The van der Waals surface area contributed by atoms with Crippen LogP contribution in [0.5, 0.6) is 0 Å². The fourth-order valence-corrected chi connectivity index (χ4v) is 4.01. The Hall–Kier alpha value is -2.18. The molecule has 0 aliphatic carbocycles. The topological polar surface area (TPSA) is 89.2 Å². The van der Waals surface area contributed by atoms with Crippen LogP contribution in [0, 0.1) is 5.82 Å². The standard InChI is InChI=1S/C14H10ClF3N4O3S2/c1-27(23,24)22(7-2-3-9(16)8(15)4-7)6-11-19-5-10(26-11)13-20-21-14(25-13)12(17)18/h2-5,12H,6H2,1H3. The average Bonchev–Trinajstić information content (AvgIpc) is 3.23. The van der Waals surface area contributed by atoms with Crippen LogP contribution in [-0.2, 0) is 16.6 Å². The molecule has 0 radical (unpaired) electrons. The Morgan fingerprint density at radius 3 is 2.67 bits per heavy atom. The molecule has 1 aromatic carbocycles. The maximum Gasteiger partial charge on any atom is 0.314 e. The molecule has 3 rings (SSSR count). The van der Waals surface area contributed by atoms with Gasteiger partial charge in [-0.3, -0.25) is 4.31 Å². The molecule has 2 heterocycles. The zero-order valence-electron chi connectivity index (χ0n) is 13.4. The summed E-state index contributed by atoms with van der Waals surface area (Å²) in [7, 11) is -3.74. The van der Waals surface area contributed by atoms with E-state index >= 15 is 0 Å². The summed E-state index contributed by atoms with van der Waals surface area (Å²) in [6.07, 6.45) is -0.616. The van der Waals surface area contributed by atoms with E-state index < -0.39 is 28.2 Å². The molecule has 0 saturated heterocycles. The highest BCUT2D eigenvalue weighted by atomic mass is 35.5. The smallest absolute Gasteiger partial charge is 0.314 e. The predicted molar refractivity (Wildman–Crippen MR) is 92.8 cm³/mol. The van der Waals surface area contributed by atoms with E-state index in [9.17, 15) is 21.6 Å². The molecular formula is C14H10ClF3N4O3S2. The van der Waals surface area contributed by atoms with E-state index in [0.717, 1.165) is 28.0 Å². The van der Waals surface area contributed by atoms with Gasteiger partial charge in [0, 0.05) is 0 Å². The largest absolute Gasteiger partial charge is 0.414 e. The summed E-state index contributed by atoms with van der Waals surface area (Å²) in [4.78, 5) is 4.36.